The van der Waals surface area contributed by atoms with Crippen molar-refractivity contribution >= 4 is 29.0 Å². The molecule has 1 saturated heterocycles. The normalized spacial score (nSPS) is 17.8. The van der Waals surface area contributed by atoms with E-state index in [1.807, 2.05) is 38.1 Å². The molecule has 3 N–H and O–H groups in total. The van der Waals surface area contributed by atoms with Crippen molar-refractivity contribution in [3.8, 4) is 0 Å². The molecule has 3 aromatic carbocycles. The minimum atomic E-state index is -0.492. The van der Waals surface area contributed by atoms with Gasteiger partial charge in [0.05, 0.1) is 16.9 Å². The maximum Gasteiger partial charge on any atom is 0.325 e. The van der Waals surface area contributed by atoms with Crippen LogP contribution in [0, 0.1) is 5.82 Å². The fraction of sp³-hybridized carbons (Fsp3) is 0.259. The van der Waals surface area contributed by atoms with E-state index in [0.29, 0.717) is 42.3 Å². The number of para-hydroxylation sites is 2. The van der Waals surface area contributed by atoms with Gasteiger partial charge in [0.25, 0.3) is 5.91 Å². The Morgan fingerprint density at radius 3 is 2.34 bits per heavy atom. The Kier molecular flexibility index (Phi) is 6.75. The Bertz CT molecular complexity index is 1210. The van der Waals surface area contributed by atoms with E-state index in [2.05, 4.69) is 5.32 Å². The van der Waals surface area contributed by atoms with Crippen molar-refractivity contribution in [3.05, 3.63) is 89.7 Å². The lowest BCUT2D eigenvalue weighted by Crippen LogP contribution is -2.51. The fourth-order valence-corrected chi connectivity index (χ4v) is 4.65. The molecular weight excluding hydrogens is 445 g/mol. The zero-order valence-electron chi connectivity index (χ0n) is 20.2. The lowest BCUT2D eigenvalue weighted by atomic mass is 10.00. The highest BCUT2D eigenvalue weighted by Crippen LogP contribution is 2.34. The van der Waals surface area contributed by atoms with Crippen LogP contribution in [0.4, 0.5) is 26.2 Å². The molecule has 0 bridgehead atoms. The number of anilines is 3. The van der Waals surface area contributed by atoms with E-state index in [1.54, 1.807) is 58.3 Å². The molecular formula is C27H30FN5O2. The molecule has 1 atom stereocenters. The quantitative estimate of drug-likeness (QED) is 0.496. The number of halogens is 1. The Balaban J connectivity index is 1.50. The van der Waals surface area contributed by atoms with Gasteiger partial charge in [-0.15, -0.1) is 0 Å². The van der Waals surface area contributed by atoms with Gasteiger partial charge in [0.1, 0.15) is 5.82 Å². The number of carbonyl (C=O) groups is 2. The van der Waals surface area contributed by atoms with Crippen LogP contribution in [0.25, 0.3) is 0 Å². The number of rotatable bonds is 7. The summed E-state index contributed by atoms with van der Waals surface area (Å²) in [5.41, 5.74) is 8.54. The number of nitrogens with one attached hydrogen (secondary N) is 1. The second-order valence-corrected chi connectivity index (χ2v) is 9.42. The van der Waals surface area contributed by atoms with Crippen LogP contribution in [-0.4, -0.2) is 54.5 Å². The number of nitrogen functional groups attached to an aromatic ring is 1. The van der Waals surface area contributed by atoms with Gasteiger partial charge in [-0.3, -0.25) is 9.69 Å². The zero-order valence-corrected chi connectivity index (χ0v) is 20.2. The molecule has 35 heavy (non-hydrogen) atoms. The zero-order chi connectivity index (χ0) is 25.2. The van der Waals surface area contributed by atoms with Crippen LogP contribution in [-0.2, 0) is 6.54 Å². The van der Waals surface area contributed by atoms with Gasteiger partial charge in [0.2, 0.25) is 0 Å². The number of hydrogen-bond acceptors (Lipinski definition) is 4. The first kappa shape index (κ1) is 24.2. The summed E-state index contributed by atoms with van der Waals surface area (Å²) >= 11 is 0. The topological polar surface area (TPSA) is 81.9 Å². The van der Waals surface area contributed by atoms with E-state index in [0.717, 1.165) is 5.56 Å². The van der Waals surface area contributed by atoms with Gasteiger partial charge in [-0.05, 0) is 75.1 Å². The SMILES string of the molecule is CN(C)CC1(C)CN(Cc2ccc(C(=O)Nc3ccccc3N)cc2)C(=O)N1c1ccc(F)cc1. The van der Waals surface area contributed by atoms with E-state index in [-0.39, 0.29) is 17.8 Å². The Labute approximate surface area is 204 Å². The molecule has 0 radical (unpaired) electrons. The van der Waals surface area contributed by atoms with Crippen LogP contribution in [0.5, 0.6) is 0 Å². The smallest absolute Gasteiger partial charge is 0.325 e. The molecule has 1 aliphatic heterocycles. The molecule has 3 aromatic rings. The summed E-state index contributed by atoms with van der Waals surface area (Å²) in [4.78, 5) is 31.7. The molecule has 8 heteroatoms. The summed E-state index contributed by atoms with van der Waals surface area (Å²) in [6.45, 7) is 3.59. The van der Waals surface area contributed by atoms with Crippen molar-refractivity contribution in [2.24, 2.45) is 0 Å². The Morgan fingerprint density at radius 2 is 1.71 bits per heavy atom. The monoisotopic (exact) mass is 475 g/mol. The summed E-state index contributed by atoms with van der Waals surface area (Å²) in [5.74, 6) is -0.599. The summed E-state index contributed by atoms with van der Waals surface area (Å²) in [7, 11) is 3.93. The van der Waals surface area contributed by atoms with E-state index in [9.17, 15) is 14.0 Å². The van der Waals surface area contributed by atoms with E-state index in [1.165, 1.54) is 12.1 Å². The van der Waals surface area contributed by atoms with Gasteiger partial charge in [0, 0.05) is 30.9 Å². The predicted molar refractivity (Wildman–Crippen MR) is 137 cm³/mol. The summed E-state index contributed by atoms with van der Waals surface area (Å²) in [5, 5.41) is 2.82. The van der Waals surface area contributed by atoms with E-state index in [4.69, 9.17) is 5.73 Å². The Morgan fingerprint density at radius 1 is 1.06 bits per heavy atom. The number of likely N-dealkylation sites (N-methyl/N-ethyl adjacent to an activating group) is 1. The van der Waals surface area contributed by atoms with Crippen molar-refractivity contribution in [1.29, 1.82) is 0 Å². The highest BCUT2D eigenvalue weighted by atomic mass is 19.1. The number of amides is 3. The van der Waals surface area contributed by atoms with Crippen LogP contribution < -0.4 is 16.0 Å². The van der Waals surface area contributed by atoms with Gasteiger partial charge in [-0.1, -0.05) is 24.3 Å². The number of nitrogens with two attached hydrogens (primary N) is 1. The van der Waals surface area contributed by atoms with E-state index < -0.39 is 5.54 Å². The highest BCUT2D eigenvalue weighted by Gasteiger charge is 2.47. The molecule has 1 heterocycles. The van der Waals surface area contributed by atoms with Crippen LogP contribution in [0.1, 0.15) is 22.8 Å². The summed E-state index contributed by atoms with van der Waals surface area (Å²) < 4.78 is 13.5. The van der Waals surface area contributed by atoms with Crippen LogP contribution in [0.3, 0.4) is 0 Å². The number of nitrogens with zero attached hydrogens (tertiary/aromatic N) is 3. The predicted octanol–water partition coefficient (Wildman–Crippen LogP) is 4.42. The second-order valence-electron chi connectivity index (χ2n) is 9.42. The third kappa shape index (κ3) is 5.27. The Hall–Kier alpha value is -3.91. The average molecular weight is 476 g/mol. The maximum atomic E-state index is 13.5. The first-order valence-electron chi connectivity index (χ1n) is 11.4. The lowest BCUT2D eigenvalue weighted by Gasteiger charge is -2.35. The standard InChI is InChI=1S/C27H30FN5O2/c1-27(17-31(2)3)18-32(26(35)33(27)22-14-12-21(28)13-15-22)16-19-8-10-20(11-9-19)25(34)30-24-7-5-4-6-23(24)29/h4-15H,16-18,29H2,1-3H3,(H,30,34). The molecule has 0 spiro atoms. The third-order valence-electron chi connectivity index (χ3n) is 6.07. The van der Waals surface area contributed by atoms with Gasteiger partial charge < -0.3 is 20.9 Å². The van der Waals surface area contributed by atoms with Crippen molar-refractivity contribution in [1.82, 2.24) is 9.80 Å². The molecule has 1 aliphatic rings. The third-order valence-corrected chi connectivity index (χ3v) is 6.07. The average Bonchev–Trinajstić information content (AvgIpc) is 3.05. The molecule has 0 aromatic heterocycles. The van der Waals surface area contributed by atoms with Crippen molar-refractivity contribution < 1.29 is 14.0 Å². The van der Waals surface area contributed by atoms with Gasteiger partial charge in [-0.2, -0.15) is 0 Å². The molecule has 0 saturated carbocycles. The molecule has 7 nitrogen and oxygen atoms in total. The van der Waals surface area contributed by atoms with Crippen LogP contribution in [0.15, 0.2) is 72.8 Å². The lowest BCUT2D eigenvalue weighted by molar-refractivity contribution is 0.102. The molecule has 1 unspecified atom stereocenters. The number of urea groups is 1. The minimum Gasteiger partial charge on any atom is -0.397 e. The maximum absolute atomic E-state index is 13.5. The molecule has 3 amide bonds. The number of carbonyl (C=O) groups excluding carboxylic acids is 2. The van der Waals surface area contributed by atoms with Crippen molar-refractivity contribution in [2.75, 3.05) is 43.1 Å². The molecule has 0 aliphatic carbocycles. The molecule has 182 valence electrons. The van der Waals surface area contributed by atoms with Crippen LogP contribution in [0.2, 0.25) is 0 Å². The number of benzene rings is 3. The number of hydrogen-bond donors (Lipinski definition) is 2. The van der Waals surface area contributed by atoms with Crippen LogP contribution >= 0.6 is 0 Å². The fourth-order valence-electron chi connectivity index (χ4n) is 4.65. The first-order valence-corrected chi connectivity index (χ1v) is 11.4. The minimum absolute atomic E-state index is 0.137. The first-order chi connectivity index (χ1) is 16.7. The summed E-state index contributed by atoms with van der Waals surface area (Å²) in [6, 6.07) is 20.1. The second kappa shape index (κ2) is 9.76. The summed E-state index contributed by atoms with van der Waals surface area (Å²) in [6.07, 6.45) is 0. The van der Waals surface area contributed by atoms with Crippen molar-refractivity contribution in [3.63, 3.8) is 0 Å². The molecule has 4 rings (SSSR count). The highest BCUT2D eigenvalue weighted by molar-refractivity contribution is 6.05. The van der Waals surface area contributed by atoms with Gasteiger partial charge >= 0.3 is 6.03 Å². The van der Waals surface area contributed by atoms with Crippen molar-refractivity contribution in [2.45, 2.75) is 19.0 Å². The van der Waals surface area contributed by atoms with Gasteiger partial charge in [-0.25, -0.2) is 9.18 Å². The van der Waals surface area contributed by atoms with Gasteiger partial charge in [0.15, 0.2) is 0 Å². The van der Waals surface area contributed by atoms with E-state index >= 15 is 0 Å². The largest absolute Gasteiger partial charge is 0.397 e. The molecule has 1 fully saturated rings.